The summed E-state index contributed by atoms with van der Waals surface area (Å²) in [6.07, 6.45) is 0. The van der Waals surface area contributed by atoms with Crippen LogP contribution in [0.25, 0.3) is 0 Å². The molecule has 0 aliphatic heterocycles. The van der Waals surface area contributed by atoms with Crippen molar-refractivity contribution in [2.24, 2.45) is 0 Å². The number of halogens is 1. The van der Waals surface area contributed by atoms with Crippen molar-refractivity contribution in [2.75, 3.05) is 6.54 Å². The second-order valence-electron chi connectivity index (χ2n) is 5.92. The number of H-pyrrole nitrogens is 1. The zero-order chi connectivity index (χ0) is 17.2. The highest BCUT2D eigenvalue weighted by Crippen LogP contribution is 2.25. The Bertz CT molecular complexity index is 753. The number of amides is 1. The molecule has 1 amide bonds. The fraction of sp³-hybridized carbons (Fsp3) is 0.312. The van der Waals surface area contributed by atoms with Gasteiger partial charge in [-0.3, -0.25) is 9.89 Å². The van der Waals surface area contributed by atoms with Gasteiger partial charge in [0, 0.05) is 23.2 Å². The fourth-order valence-electron chi connectivity index (χ4n) is 2.40. The zero-order valence-corrected chi connectivity index (χ0v) is 13.1. The van der Waals surface area contributed by atoms with Crippen molar-refractivity contribution in [3.05, 3.63) is 52.6 Å². The Hall–Kier alpha value is -2.70. The number of benzene rings is 1. The molecule has 1 aromatic heterocycles. The van der Waals surface area contributed by atoms with Crippen molar-refractivity contribution < 1.29 is 19.1 Å². The molecule has 0 fully saturated rings. The predicted octanol–water partition coefficient (Wildman–Crippen LogP) is 2.26. The molecule has 0 radical (unpaired) electrons. The first-order valence-corrected chi connectivity index (χ1v) is 7.05. The number of aromatic amines is 1. The zero-order valence-electron chi connectivity index (χ0n) is 13.1. The van der Waals surface area contributed by atoms with Crippen molar-refractivity contribution in [3.63, 3.8) is 0 Å². The van der Waals surface area contributed by atoms with E-state index in [1.54, 1.807) is 13.0 Å². The smallest absolute Gasteiger partial charge is 0.356 e. The number of carbonyl (C=O) groups is 2. The maximum absolute atomic E-state index is 13.6. The molecule has 122 valence electrons. The van der Waals surface area contributed by atoms with E-state index < -0.39 is 23.1 Å². The van der Waals surface area contributed by atoms with E-state index in [0.717, 1.165) is 0 Å². The Morgan fingerprint density at radius 1 is 1.35 bits per heavy atom. The maximum atomic E-state index is 13.6. The van der Waals surface area contributed by atoms with E-state index >= 15 is 0 Å². The number of hydrogen-bond acceptors (Lipinski definition) is 3. The highest BCUT2D eigenvalue weighted by molar-refractivity contribution is 5.94. The van der Waals surface area contributed by atoms with Crippen molar-refractivity contribution in [2.45, 2.75) is 26.2 Å². The molecule has 6 nitrogen and oxygen atoms in total. The summed E-state index contributed by atoms with van der Waals surface area (Å²) in [5.41, 5.74) is 0.460. The summed E-state index contributed by atoms with van der Waals surface area (Å²) in [6, 6.07) is 5.72. The standard InChI is InChI=1S/C16H18FN3O3/c1-9-12(15(22)23)19-20-13(9)16(2,3)8-18-14(21)10-6-4-5-7-11(10)17/h4-7H,8H2,1-3H3,(H,18,21)(H,19,20)(H,22,23). The van der Waals surface area contributed by atoms with Crippen LogP contribution >= 0.6 is 0 Å². The SMILES string of the molecule is Cc1c(C(=O)O)n[nH]c1C(C)(C)CNC(=O)c1ccccc1F. The number of aromatic carboxylic acids is 1. The third-order valence-electron chi connectivity index (χ3n) is 3.70. The van der Waals surface area contributed by atoms with Gasteiger partial charge in [-0.05, 0) is 19.1 Å². The molecule has 0 aliphatic rings. The summed E-state index contributed by atoms with van der Waals surface area (Å²) in [5.74, 6) is -2.23. The van der Waals surface area contributed by atoms with E-state index in [0.29, 0.717) is 11.3 Å². The minimum Gasteiger partial charge on any atom is -0.476 e. The molecule has 23 heavy (non-hydrogen) atoms. The second kappa shape index (κ2) is 6.20. The van der Waals surface area contributed by atoms with Crippen LogP contribution in [-0.4, -0.2) is 33.7 Å². The van der Waals surface area contributed by atoms with Crippen LogP contribution in [0.2, 0.25) is 0 Å². The van der Waals surface area contributed by atoms with Crippen LogP contribution < -0.4 is 5.32 Å². The summed E-state index contributed by atoms with van der Waals surface area (Å²) in [6.45, 7) is 5.52. The lowest BCUT2D eigenvalue weighted by Gasteiger charge is -2.24. The van der Waals surface area contributed by atoms with Gasteiger partial charge in [0.05, 0.1) is 5.56 Å². The van der Waals surface area contributed by atoms with Crippen molar-refractivity contribution >= 4 is 11.9 Å². The fourth-order valence-corrected chi connectivity index (χ4v) is 2.40. The molecular weight excluding hydrogens is 301 g/mol. The lowest BCUT2D eigenvalue weighted by atomic mass is 9.86. The number of nitrogens with zero attached hydrogens (tertiary/aromatic N) is 1. The van der Waals surface area contributed by atoms with Gasteiger partial charge in [-0.2, -0.15) is 5.10 Å². The number of carboxylic acid groups (broad SMARTS) is 1. The molecule has 1 aromatic carbocycles. The Labute approximate surface area is 132 Å². The summed E-state index contributed by atoms with van der Waals surface area (Å²) in [5, 5.41) is 18.2. The molecule has 0 aliphatic carbocycles. The largest absolute Gasteiger partial charge is 0.476 e. The molecule has 7 heteroatoms. The van der Waals surface area contributed by atoms with Crippen LogP contribution in [0, 0.1) is 12.7 Å². The van der Waals surface area contributed by atoms with E-state index in [1.807, 2.05) is 13.8 Å². The molecule has 3 N–H and O–H groups in total. The number of aromatic nitrogens is 2. The van der Waals surface area contributed by atoms with E-state index in [2.05, 4.69) is 15.5 Å². The third kappa shape index (κ3) is 3.39. The highest BCUT2D eigenvalue weighted by Gasteiger charge is 2.29. The van der Waals surface area contributed by atoms with Crippen LogP contribution in [0.1, 0.15) is 46.0 Å². The number of carboxylic acids is 1. The van der Waals surface area contributed by atoms with Gasteiger partial charge >= 0.3 is 5.97 Å². The molecular formula is C16H18FN3O3. The van der Waals surface area contributed by atoms with Gasteiger partial charge in [-0.15, -0.1) is 0 Å². The molecule has 0 unspecified atom stereocenters. The van der Waals surface area contributed by atoms with Gasteiger partial charge in [0.25, 0.3) is 5.91 Å². The van der Waals surface area contributed by atoms with Crippen LogP contribution in [-0.2, 0) is 5.41 Å². The van der Waals surface area contributed by atoms with Gasteiger partial charge in [-0.25, -0.2) is 9.18 Å². The number of rotatable bonds is 5. The van der Waals surface area contributed by atoms with E-state index in [-0.39, 0.29) is 17.8 Å². The van der Waals surface area contributed by atoms with Crippen LogP contribution in [0.5, 0.6) is 0 Å². The van der Waals surface area contributed by atoms with Gasteiger partial charge in [0.15, 0.2) is 5.69 Å². The molecule has 0 atom stereocenters. The summed E-state index contributed by atoms with van der Waals surface area (Å²) in [7, 11) is 0. The Morgan fingerprint density at radius 2 is 2.00 bits per heavy atom. The quantitative estimate of drug-likeness (QED) is 0.788. The first-order valence-electron chi connectivity index (χ1n) is 7.05. The lowest BCUT2D eigenvalue weighted by Crippen LogP contribution is -2.37. The second-order valence-corrected chi connectivity index (χ2v) is 5.92. The molecule has 0 saturated heterocycles. The van der Waals surface area contributed by atoms with E-state index in [9.17, 15) is 14.0 Å². The topological polar surface area (TPSA) is 95.1 Å². The number of nitrogens with one attached hydrogen (secondary N) is 2. The monoisotopic (exact) mass is 319 g/mol. The average Bonchev–Trinajstić information content (AvgIpc) is 2.88. The molecule has 0 spiro atoms. The van der Waals surface area contributed by atoms with Gasteiger partial charge < -0.3 is 10.4 Å². The number of carbonyl (C=O) groups excluding carboxylic acids is 1. The first kappa shape index (κ1) is 16.7. The van der Waals surface area contributed by atoms with Crippen molar-refractivity contribution in [3.8, 4) is 0 Å². The third-order valence-corrected chi connectivity index (χ3v) is 3.70. The lowest BCUT2D eigenvalue weighted by molar-refractivity contribution is 0.0689. The summed E-state index contributed by atoms with van der Waals surface area (Å²) in [4.78, 5) is 23.1. The van der Waals surface area contributed by atoms with Crippen molar-refractivity contribution in [1.29, 1.82) is 0 Å². The number of hydrogen-bond donors (Lipinski definition) is 3. The van der Waals surface area contributed by atoms with Crippen LogP contribution in [0.4, 0.5) is 4.39 Å². The Kier molecular flexibility index (Phi) is 4.49. The average molecular weight is 319 g/mol. The molecule has 0 saturated carbocycles. The Balaban J connectivity index is 2.14. The summed E-state index contributed by atoms with van der Waals surface area (Å²) >= 11 is 0. The van der Waals surface area contributed by atoms with Crippen molar-refractivity contribution in [1.82, 2.24) is 15.5 Å². The van der Waals surface area contributed by atoms with Gasteiger partial charge in [0.1, 0.15) is 5.82 Å². The highest BCUT2D eigenvalue weighted by atomic mass is 19.1. The van der Waals surface area contributed by atoms with E-state index in [1.165, 1.54) is 18.2 Å². The molecule has 2 aromatic rings. The molecule has 2 rings (SSSR count). The predicted molar refractivity (Wildman–Crippen MR) is 82.0 cm³/mol. The minimum absolute atomic E-state index is 0.0316. The molecule has 1 heterocycles. The Morgan fingerprint density at radius 3 is 2.57 bits per heavy atom. The van der Waals surface area contributed by atoms with Crippen LogP contribution in [0.15, 0.2) is 24.3 Å². The summed E-state index contributed by atoms with van der Waals surface area (Å²) < 4.78 is 13.6. The maximum Gasteiger partial charge on any atom is 0.356 e. The van der Waals surface area contributed by atoms with Gasteiger partial charge in [0.2, 0.25) is 0 Å². The molecule has 0 bridgehead atoms. The van der Waals surface area contributed by atoms with Gasteiger partial charge in [-0.1, -0.05) is 26.0 Å². The minimum atomic E-state index is -1.11. The first-order chi connectivity index (χ1) is 10.7. The van der Waals surface area contributed by atoms with E-state index in [4.69, 9.17) is 5.11 Å². The van der Waals surface area contributed by atoms with Crippen LogP contribution in [0.3, 0.4) is 0 Å². The normalized spacial score (nSPS) is 11.3.